The van der Waals surface area contributed by atoms with Gasteiger partial charge in [0, 0.05) is 6.54 Å². The van der Waals surface area contributed by atoms with Gasteiger partial charge in [-0.25, -0.2) is 4.39 Å². The highest BCUT2D eigenvalue weighted by atomic mass is 19.4. The summed E-state index contributed by atoms with van der Waals surface area (Å²) in [6, 6.07) is 4.12. The standard InChI is InChI=1S/C11H13F4N/c1-10(12,7-16-2)8-3-5-9(6-4-8)11(13,14)15/h3-6,16H,7H2,1-2H3. The van der Waals surface area contributed by atoms with E-state index in [2.05, 4.69) is 5.32 Å². The van der Waals surface area contributed by atoms with Gasteiger partial charge < -0.3 is 5.32 Å². The van der Waals surface area contributed by atoms with Crippen molar-refractivity contribution in [3.05, 3.63) is 35.4 Å². The summed E-state index contributed by atoms with van der Waals surface area (Å²) in [5.41, 5.74) is -2.20. The zero-order chi connectivity index (χ0) is 12.4. The second kappa shape index (κ2) is 4.41. The molecular formula is C11H13F4N. The first-order chi connectivity index (χ1) is 7.27. The van der Waals surface area contributed by atoms with E-state index >= 15 is 0 Å². The van der Waals surface area contributed by atoms with Crippen LogP contribution in [0.4, 0.5) is 17.6 Å². The Balaban J connectivity index is 2.95. The van der Waals surface area contributed by atoms with Gasteiger partial charge in [0.05, 0.1) is 5.56 Å². The van der Waals surface area contributed by atoms with Crippen LogP contribution < -0.4 is 5.32 Å². The Morgan fingerprint density at radius 1 is 1.00 bits per heavy atom. The van der Waals surface area contributed by atoms with Crippen molar-refractivity contribution in [1.29, 1.82) is 0 Å². The summed E-state index contributed by atoms with van der Waals surface area (Å²) >= 11 is 0. The molecule has 0 aliphatic carbocycles. The Bertz CT molecular complexity index is 340. The number of nitrogens with one attached hydrogen (secondary N) is 1. The van der Waals surface area contributed by atoms with E-state index in [-0.39, 0.29) is 12.1 Å². The maximum atomic E-state index is 13.9. The van der Waals surface area contributed by atoms with E-state index < -0.39 is 17.4 Å². The number of benzene rings is 1. The van der Waals surface area contributed by atoms with Crippen LogP contribution >= 0.6 is 0 Å². The van der Waals surface area contributed by atoms with Gasteiger partial charge in [-0.3, -0.25) is 0 Å². The van der Waals surface area contributed by atoms with E-state index in [9.17, 15) is 17.6 Å². The molecule has 0 aliphatic heterocycles. The van der Waals surface area contributed by atoms with Gasteiger partial charge in [-0.1, -0.05) is 12.1 Å². The first-order valence-corrected chi connectivity index (χ1v) is 4.78. The molecule has 0 fully saturated rings. The summed E-state index contributed by atoms with van der Waals surface area (Å²) in [4.78, 5) is 0. The first kappa shape index (κ1) is 13.0. The average Bonchev–Trinajstić information content (AvgIpc) is 2.16. The molecule has 90 valence electrons. The Morgan fingerprint density at radius 3 is 1.81 bits per heavy atom. The number of alkyl halides is 4. The van der Waals surface area contributed by atoms with Crippen LogP contribution in [-0.2, 0) is 11.8 Å². The number of rotatable bonds is 3. The summed E-state index contributed by atoms with van der Waals surface area (Å²) in [6.07, 6.45) is -4.38. The molecule has 0 radical (unpaired) electrons. The predicted octanol–water partition coefficient (Wildman–Crippen LogP) is 3.11. The molecule has 0 amide bonds. The molecule has 0 spiro atoms. The molecule has 1 N–H and O–H groups in total. The zero-order valence-electron chi connectivity index (χ0n) is 9.03. The van der Waals surface area contributed by atoms with Gasteiger partial charge >= 0.3 is 6.18 Å². The van der Waals surface area contributed by atoms with Crippen molar-refractivity contribution in [2.45, 2.75) is 18.8 Å². The molecule has 1 nitrogen and oxygen atoms in total. The van der Waals surface area contributed by atoms with Crippen LogP contribution in [-0.4, -0.2) is 13.6 Å². The largest absolute Gasteiger partial charge is 0.416 e. The van der Waals surface area contributed by atoms with Crippen LogP contribution in [0, 0.1) is 0 Å². The SMILES string of the molecule is CNCC(C)(F)c1ccc(C(F)(F)F)cc1. The molecule has 1 aromatic rings. The van der Waals surface area contributed by atoms with E-state index in [1.54, 1.807) is 7.05 Å². The van der Waals surface area contributed by atoms with Crippen LogP contribution in [0.5, 0.6) is 0 Å². The third kappa shape index (κ3) is 2.95. The minimum atomic E-state index is -4.38. The molecule has 5 heteroatoms. The summed E-state index contributed by atoms with van der Waals surface area (Å²) in [5.74, 6) is 0. The quantitative estimate of drug-likeness (QED) is 0.794. The lowest BCUT2D eigenvalue weighted by Crippen LogP contribution is -2.29. The van der Waals surface area contributed by atoms with Crippen LogP contribution in [0.1, 0.15) is 18.1 Å². The zero-order valence-corrected chi connectivity index (χ0v) is 9.03. The molecule has 1 aromatic carbocycles. The molecule has 0 saturated heterocycles. The lowest BCUT2D eigenvalue weighted by Gasteiger charge is -2.20. The second-order valence-corrected chi connectivity index (χ2v) is 3.80. The second-order valence-electron chi connectivity index (χ2n) is 3.80. The normalized spacial score (nSPS) is 15.9. The smallest absolute Gasteiger partial charge is 0.316 e. The Morgan fingerprint density at radius 2 is 1.44 bits per heavy atom. The summed E-state index contributed by atoms with van der Waals surface area (Å²) in [7, 11) is 1.59. The van der Waals surface area contributed by atoms with E-state index in [0.717, 1.165) is 12.1 Å². The van der Waals surface area contributed by atoms with E-state index in [1.165, 1.54) is 19.1 Å². The highest BCUT2D eigenvalue weighted by molar-refractivity contribution is 5.28. The Hall–Kier alpha value is -1.10. The number of halogens is 4. The highest BCUT2D eigenvalue weighted by Crippen LogP contribution is 2.31. The Kier molecular flexibility index (Phi) is 3.57. The van der Waals surface area contributed by atoms with Gasteiger partial charge in [-0.05, 0) is 31.7 Å². The summed E-state index contributed by atoms with van der Waals surface area (Å²) in [6.45, 7) is 1.38. The Labute approximate surface area is 91.5 Å². The molecule has 0 heterocycles. The van der Waals surface area contributed by atoms with Crippen molar-refractivity contribution in [2.75, 3.05) is 13.6 Å². The minimum Gasteiger partial charge on any atom is -0.316 e. The number of hydrogen-bond donors (Lipinski definition) is 1. The minimum absolute atomic E-state index is 0.0539. The summed E-state index contributed by atoms with van der Waals surface area (Å²) < 4.78 is 50.7. The highest BCUT2D eigenvalue weighted by Gasteiger charge is 2.31. The molecular weight excluding hydrogens is 222 g/mol. The molecule has 1 atom stereocenters. The van der Waals surface area contributed by atoms with E-state index in [4.69, 9.17) is 0 Å². The van der Waals surface area contributed by atoms with Gasteiger partial charge in [0.2, 0.25) is 0 Å². The van der Waals surface area contributed by atoms with Gasteiger partial charge in [-0.2, -0.15) is 13.2 Å². The third-order valence-electron chi connectivity index (χ3n) is 2.32. The fraction of sp³-hybridized carbons (Fsp3) is 0.455. The lowest BCUT2D eigenvalue weighted by atomic mass is 9.97. The maximum Gasteiger partial charge on any atom is 0.416 e. The lowest BCUT2D eigenvalue weighted by molar-refractivity contribution is -0.137. The predicted molar refractivity (Wildman–Crippen MR) is 53.8 cm³/mol. The fourth-order valence-electron chi connectivity index (χ4n) is 1.44. The van der Waals surface area contributed by atoms with E-state index in [1.807, 2.05) is 0 Å². The maximum absolute atomic E-state index is 13.9. The first-order valence-electron chi connectivity index (χ1n) is 4.78. The fourth-order valence-corrected chi connectivity index (χ4v) is 1.44. The van der Waals surface area contributed by atoms with Crippen LogP contribution in [0.3, 0.4) is 0 Å². The molecule has 1 unspecified atom stereocenters. The van der Waals surface area contributed by atoms with Gasteiger partial charge in [0.15, 0.2) is 0 Å². The van der Waals surface area contributed by atoms with E-state index in [0.29, 0.717) is 0 Å². The van der Waals surface area contributed by atoms with Gasteiger partial charge in [0.1, 0.15) is 5.67 Å². The van der Waals surface area contributed by atoms with Crippen molar-refractivity contribution in [3.63, 3.8) is 0 Å². The van der Waals surface area contributed by atoms with Crippen LogP contribution in [0.15, 0.2) is 24.3 Å². The number of hydrogen-bond acceptors (Lipinski definition) is 1. The molecule has 0 aliphatic rings. The average molecular weight is 235 g/mol. The molecule has 1 rings (SSSR count). The molecule has 0 aromatic heterocycles. The third-order valence-corrected chi connectivity index (χ3v) is 2.32. The van der Waals surface area contributed by atoms with Gasteiger partial charge in [0.25, 0.3) is 0 Å². The topological polar surface area (TPSA) is 12.0 Å². The molecule has 0 bridgehead atoms. The van der Waals surface area contributed by atoms with Crippen molar-refractivity contribution >= 4 is 0 Å². The van der Waals surface area contributed by atoms with Crippen molar-refractivity contribution in [2.24, 2.45) is 0 Å². The molecule has 0 saturated carbocycles. The summed E-state index contributed by atoms with van der Waals surface area (Å²) in [5, 5.41) is 2.65. The van der Waals surface area contributed by atoms with Gasteiger partial charge in [-0.15, -0.1) is 0 Å². The van der Waals surface area contributed by atoms with Crippen molar-refractivity contribution in [1.82, 2.24) is 5.32 Å². The van der Waals surface area contributed by atoms with Crippen LogP contribution in [0.25, 0.3) is 0 Å². The van der Waals surface area contributed by atoms with Crippen molar-refractivity contribution in [3.8, 4) is 0 Å². The molecule has 16 heavy (non-hydrogen) atoms. The van der Waals surface area contributed by atoms with Crippen molar-refractivity contribution < 1.29 is 17.6 Å². The number of likely N-dealkylation sites (N-methyl/N-ethyl adjacent to an activating group) is 1. The monoisotopic (exact) mass is 235 g/mol. The van der Waals surface area contributed by atoms with Crippen LogP contribution in [0.2, 0.25) is 0 Å².